The van der Waals surface area contributed by atoms with Crippen molar-refractivity contribution in [1.82, 2.24) is 0 Å². The summed E-state index contributed by atoms with van der Waals surface area (Å²) in [4.78, 5) is 12.3. The van der Waals surface area contributed by atoms with E-state index in [0.29, 0.717) is 23.2 Å². The molecule has 0 radical (unpaired) electrons. The Morgan fingerprint density at radius 1 is 1.33 bits per heavy atom. The van der Waals surface area contributed by atoms with Crippen molar-refractivity contribution in [3.63, 3.8) is 0 Å². The number of carbonyl (C=O) groups excluding carboxylic acids is 1. The number of halogens is 1. The second-order valence-corrected chi connectivity index (χ2v) is 5.93. The molecule has 1 amide bonds. The Labute approximate surface area is 148 Å². The molecule has 0 aliphatic carbocycles. The summed E-state index contributed by atoms with van der Waals surface area (Å²) >= 11 is 3.33. The number of nitrogens with one attached hydrogen (secondary N) is 1. The minimum Gasteiger partial charge on any atom is -0.508 e. The van der Waals surface area contributed by atoms with Gasteiger partial charge < -0.3 is 10.4 Å². The van der Waals surface area contributed by atoms with Gasteiger partial charge in [0.1, 0.15) is 17.4 Å². The fraction of sp³-hybridized carbons (Fsp3) is 0.0526. The zero-order chi connectivity index (χ0) is 17.5. The van der Waals surface area contributed by atoms with Gasteiger partial charge in [-0.15, -0.1) is 6.58 Å². The van der Waals surface area contributed by atoms with Crippen molar-refractivity contribution in [2.75, 3.05) is 5.32 Å². The number of phenolic OH excluding ortho intramolecular Hbond substituents is 1. The average molecular weight is 383 g/mol. The lowest BCUT2D eigenvalue weighted by Gasteiger charge is -2.06. The molecule has 0 fully saturated rings. The first kappa shape index (κ1) is 17.5. The maximum atomic E-state index is 12.3. The largest absolute Gasteiger partial charge is 0.508 e. The highest BCUT2D eigenvalue weighted by Crippen LogP contribution is 2.21. The molecule has 0 unspecified atom stereocenters. The third kappa shape index (κ3) is 4.58. The van der Waals surface area contributed by atoms with Crippen LogP contribution in [0.3, 0.4) is 0 Å². The Kier molecular flexibility index (Phi) is 5.94. The van der Waals surface area contributed by atoms with E-state index in [4.69, 9.17) is 0 Å². The van der Waals surface area contributed by atoms with E-state index in [-0.39, 0.29) is 11.3 Å². The molecule has 0 spiro atoms. The van der Waals surface area contributed by atoms with Crippen molar-refractivity contribution in [2.45, 2.75) is 6.42 Å². The maximum Gasteiger partial charge on any atom is 0.266 e. The number of rotatable bonds is 5. The van der Waals surface area contributed by atoms with E-state index in [1.165, 1.54) is 12.1 Å². The first-order valence-corrected chi connectivity index (χ1v) is 7.94. The van der Waals surface area contributed by atoms with Gasteiger partial charge in [0.15, 0.2) is 0 Å². The topological polar surface area (TPSA) is 73.1 Å². The fourth-order valence-corrected chi connectivity index (χ4v) is 2.49. The van der Waals surface area contributed by atoms with E-state index >= 15 is 0 Å². The molecule has 0 heterocycles. The van der Waals surface area contributed by atoms with Crippen molar-refractivity contribution in [1.29, 1.82) is 5.26 Å². The summed E-state index contributed by atoms with van der Waals surface area (Å²) in [6, 6.07) is 13.9. The van der Waals surface area contributed by atoms with Crippen molar-refractivity contribution in [3.8, 4) is 11.8 Å². The van der Waals surface area contributed by atoms with Gasteiger partial charge in [0, 0.05) is 10.2 Å². The lowest BCUT2D eigenvalue weighted by Crippen LogP contribution is -2.13. The Balaban J connectivity index is 2.25. The highest BCUT2D eigenvalue weighted by molar-refractivity contribution is 9.10. The second-order valence-electron chi connectivity index (χ2n) is 5.02. The Morgan fingerprint density at radius 2 is 2.12 bits per heavy atom. The van der Waals surface area contributed by atoms with Crippen LogP contribution in [0, 0.1) is 11.3 Å². The monoisotopic (exact) mass is 382 g/mol. The van der Waals surface area contributed by atoms with E-state index in [1.807, 2.05) is 12.1 Å². The van der Waals surface area contributed by atoms with Gasteiger partial charge in [0.2, 0.25) is 0 Å². The van der Waals surface area contributed by atoms with E-state index in [0.717, 1.165) is 4.47 Å². The number of nitriles is 1. The van der Waals surface area contributed by atoms with Gasteiger partial charge in [-0.3, -0.25) is 4.79 Å². The van der Waals surface area contributed by atoms with Crippen molar-refractivity contribution in [3.05, 3.63) is 76.3 Å². The van der Waals surface area contributed by atoms with E-state index in [2.05, 4.69) is 27.8 Å². The average Bonchev–Trinajstić information content (AvgIpc) is 2.55. The predicted molar refractivity (Wildman–Crippen MR) is 98.4 cm³/mol. The highest BCUT2D eigenvalue weighted by atomic mass is 79.9. The molecule has 0 bridgehead atoms. The first-order chi connectivity index (χ1) is 11.5. The van der Waals surface area contributed by atoms with Crippen LogP contribution in [0.2, 0.25) is 0 Å². The quantitative estimate of drug-likeness (QED) is 0.456. The zero-order valence-electron chi connectivity index (χ0n) is 12.8. The molecule has 24 heavy (non-hydrogen) atoms. The SMILES string of the molecule is C=CCc1cc(/C=C(/C#N)C(=O)Nc2cccc(Br)c2)ccc1O. The minimum absolute atomic E-state index is 0.0229. The lowest BCUT2D eigenvalue weighted by molar-refractivity contribution is -0.112. The summed E-state index contributed by atoms with van der Waals surface area (Å²) in [5.74, 6) is -0.335. The third-order valence-electron chi connectivity index (χ3n) is 3.23. The second kappa shape index (κ2) is 8.14. The van der Waals surface area contributed by atoms with Crippen LogP contribution in [0.4, 0.5) is 5.69 Å². The lowest BCUT2D eigenvalue weighted by atomic mass is 10.0. The molecule has 0 aliphatic rings. The molecule has 0 atom stereocenters. The number of benzene rings is 2. The minimum atomic E-state index is -0.492. The standard InChI is InChI=1S/C19H15BrN2O2/c1-2-4-14-9-13(7-8-18(14)23)10-15(12-21)19(24)22-17-6-3-5-16(20)11-17/h2-3,5-11,23H,1,4H2,(H,22,24)/b15-10-. The predicted octanol–water partition coefficient (Wildman–Crippen LogP) is 4.43. The molecule has 120 valence electrons. The molecule has 2 N–H and O–H groups in total. The van der Waals surface area contributed by atoms with Gasteiger partial charge in [0.25, 0.3) is 5.91 Å². The number of anilines is 1. The fourth-order valence-electron chi connectivity index (χ4n) is 2.09. The van der Waals surface area contributed by atoms with E-state index < -0.39 is 5.91 Å². The molecule has 0 aliphatic heterocycles. The van der Waals surface area contributed by atoms with Crippen LogP contribution < -0.4 is 5.32 Å². The smallest absolute Gasteiger partial charge is 0.266 e. The summed E-state index contributed by atoms with van der Waals surface area (Å²) in [6.07, 6.45) is 3.66. The van der Waals surface area contributed by atoms with Crippen molar-refractivity contribution in [2.24, 2.45) is 0 Å². The normalized spacial score (nSPS) is 10.8. The van der Waals surface area contributed by atoms with Crippen LogP contribution >= 0.6 is 15.9 Å². The van der Waals surface area contributed by atoms with Crippen LogP contribution in [0.5, 0.6) is 5.75 Å². The highest BCUT2D eigenvalue weighted by Gasteiger charge is 2.10. The number of hydrogen-bond acceptors (Lipinski definition) is 3. The summed E-state index contributed by atoms with van der Waals surface area (Å²) < 4.78 is 0.829. The summed E-state index contributed by atoms with van der Waals surface area (Å²) in [7, 11) is 0. The number of allylic oxidation sites excluding steroid dienone is 1. The number of nitrogens with zero attached hydrogens (tertiary/aromatic N) is 1. The number of phenols is 1. The Morgan fingerprint density at radius 3 is 2.79 bits per heavy atom. The van der Waals surface area contributed by atoms with E-state index in [1.54, 1.807) is 36.4 Å². The number of carbonyl (C=O) groups is 1. The van der Waals surface area contributed by atoms with Gasteiger partial charge in [-0.05, 0) is 54.0 Å². The van der Waals surface area contributed by atoms with Crippen LogP contribution in [-0.4, -0.2) is 11.0 Å². The van der Waals surface area contributed by atoms with Crippen LogP contribution in [0.15, 0.2) is 65.2 Å². The first-order valence-electron chi connectivity index (χ1n) is 7.15. The molecular formula is C19H15BrN2O2. The number of hydrogen-bond donors (Lipinski definition) is 2. The molecule has 2 aromatic carbocycles. The molecular weight excluding hydrogens is 368 g/mol. The molecule has 0 saturated carbocycles. The van der Waals surface area contributed by atoms with Gasteiger partial charge in [-0.25, -0.2) is 0 Å². The van der Waals surface area contributed by atoms with Crippen LogP contribution in [0.25, 0.3) is 6.08 Å². The van der Waals surface area contributed by atoms with Crippen molar-refractivity contribution >= 4 is 33.6 Å². The van der Waals surface area contributed by atoms with Gasteiger partial charge in [-0.2, -0.15) is 5.26 Å². The van der Waals surface area contributed by atoms with Crippen LogP contribution in [-0.2, 0) is 11.2 Å². The van der Waals surface area contributed by atoms with Crippen LogP contribution in [0.1, 0.15) is 11.1 Å². The summed E-state index contributed by atoms with van der Waals surface area (Å²) in [5, 5.41) is 21.7. The van der Waals surface area contributed by atoms with Gasteiger partial charge >= 0.3 is 0 Å². The Bertz CT molecular complexity index is 851. The molecule has 0 saturated heterocycles. The molecule has 4 nitrogen and oxygen atoms in total. The van der Waals surface area contributed by atoms with Crippen molar-refractivity contribution < 1.29 is 9.90 Å². The molecule has 2 aromatic rings. The van der Waals surface area contributed by atoms with E-state index in [9.17, 15) is 15.2 Å². The zero-order valence-corrected chi connectivity index (χ0v) is 14.4. The summed E-state index contributed by atoms with van der Waals surface area (Å²) in [5.41, 5.74) is 1.91. The van der Waals surface area contributed by atoms with Gasteiger partial charge in [0.05, 0.1) is 0 Å². The maximum absolute atomic E-state index is 12.3. The molecule has 5 heteroatoms. The third-order valence-corrected chi connectivity index (χ3v) is 3.72. The van der Waals surface area contributed by atoms with Gasteiger partial charge in [-0.1, -0.05) is 34.1 Å². The number of aromatic hydroxyl groups is 1. The summed E-state index contributed by atoms with van der Waals surface area (Å²) in [6.45, 7) is 3.64. The molecule has 2 rings (SSSR count). The Hall–Kier alpha value is -2.84. The number of amides is 1. The molecule has 0 aromatic heterocycles.